The van der Waals surface area contributed by atoms with Gasteiger partial charge in [0.2, 0.25) is 0 Å². The van der Waals surface area contributed by atoms with E-state index in [0.717, 1.165) is 6.07 Å². The highest BCUT2D eigenvalue weighted by Gasteiger charge is 2.34. The van der Waals surface area contributed by atoms with Gasteiger partial charge in [-0.1, -0.05) is 19.0 Å². The molecular weight excluding hydrogens is 290 g/mol. The van der Waals surface area contributed by atoms with Gasteiger partial charge in [0, 0.05) is 5.56 Å². The van der Waals surface area contributed by atoms with E-state index in [1.807, 2.05) is 13.8 Å². The maximum Gasteiger partial charge on any atom is 0.419 e. The number of nitrogens with zero attached hydrogens (tertiary/aromatic N) is 2. The molecule has 4 nitrogen and oxygen atoms in total. The molecule has 8 heteroatoms. The SMILES string of the molecule is CC(C)C(N)c1noc(-c2ccc(F)c(C(F)(F)F)c2)n1. The number of rotatable bonds is 3. The highest BCUT2D eigenvalue weighted by Crippen LogP contribution is 2.34. The van der Waals surface area contributed by atoms with Gasteiger partial charge in [-0.3, -0.25) is 0 Å². The zero-order chi connectivity index (χ0) is 15.8. The molecule has 0 aliphatic rings. The Hall–Kier alpha value is -1.96. The van der Waals surface area contributed by atoms with Crippen molar-refractivity contribution >= 4 is 0 Å². The van der Waals surface area contributed by atoms with Crippen LogP contribution in [0.1, 0.15) is 31.3 Å². The van der Waals surface area contributed by atoms with Gasteiger partial charge in [-0.05, 0) is 24.1 Å². The summed E-state index contributed by atoms with van der Waals surface area (Å²) in [5.74, 6) is -1.26. The van der Waals surface area contributed by atoms with Crippen molar-refractivity contribution in [3.05, 3.63) is 35.4 Å². The molecule has 0 amide bonds. The minimum atomic E-state index is -4.79. The third-order valence-corrected chi connectivity index (χ3v) is 2.98. The topological polar surface area (TPSA) is 64.9 Å². The Kier molecular flexibility index (Phi) is 3.99. The van der Waals surface area contributed by atoms with Crippen LogP contribution in [-0.4, -0.2) is 10.1 Å². The maximum absolute atomic E-state index is 13.2. The zero-order valence-electron chi connectivity index (χ0n) is 11.3. The maximum atomic E-state index is 13.2. The lowest BCUT2D eigenvalue weighted by Crippen LogP contribution is -2.18. The predicted molar refractivity (Wildman–Crippen MR) is 66.5 cm³/mol. The molecule has 1 unspecified atom stereocenters. The van der Waals surface area contributed by atoms with Crippen LogP contribution in [-0.2, 0) is 6.18 Å². The zero-order valence-corrected chi connectivity index (χ0v) is 11.3. The minimum absolute atomic E-state index is 0.0153. The number of aromatic nitrogens is 2. The second-order valence-electron chi connectivity index (χ2n) is 4.92. The fraction of sp³-hybridized carbons (Fsp3) is 0.385. The van der Waals surface area contributed by atoms with Crippen LogP contribution in [0.4, 0.5) is 17.6 Å². The second-order valence-corrected chi connectivity index (χ2v) is 4.92. The van der Waals surface area contributed by atoms with Gasteiger partial charge in [-0.15, -0.1) is 0 Å². The van der Waals surface area contributed by atoms with Gasteiger partial charge in [0.05, 0.1) is 11.6 Å². The van der Waals surface area contributed by atoms with E-state index in [1.54, 1.807) is 0 Å². The first-order valence-corrected chi connectivity index (χ1v) is 6.16. The monoisotopic (exact) mass is 303 g/mol. The van der Waals surface area contributed by atoms with Crippen molar-refractivity contribution in [1.29, 1.82) is 0 Å². The number of benzene rings is 1. The van der Waals surface area contributed by atoms with E-state index in [2.05, 4.69) is 10.1 Å². The first-order chi connectivity index (χ1) is 9.70. The second kappa shape index (κ2) is 5.44. The van der Waals surface area contributed by atoms with Crippen molar-refractivity contribution in [2.75, 3.05) is 0 Å². The summed E-state index contributed by atoms with van der Waals surface area (Å²) < 4.78 is 56.1. The van der Waals surface area contributed by atoms with Gasteiger partial charge in [-0.25, -0.2) is 4.39 Å². The number of alkyl halides is 3. The Bertz CT molecular complexity index is 637. The first-order valence-electron chi connectivity index (χ1n) is 6.16. The molecule has 0 spiro atoms. The molecule has 0 fully saturated rings. The lowest BCUT2D eigenvalue weighted by Gasteiger charge is -2.09. The van der Waals surface area contributed by atoms with Crippen LogP contribution < -0.4 is 5.73 Å². The van der Waals surface area contributed by atoms with Crippen molar-refractivity contribution in [2.45, 2.75) is 26.1 Å². The third-order valence-electron chi connectivity index (χ3n) is 2.98. The van der Waals surface area contributed by atoms with E-state index < -0.39 is 23.6 Å². The molecule has 1 heterocycles. The number of hydrogen-bond acceptors (Lipinski definition) is 4. The van der Waals surface area contributed by atoms with Crippen LogP contribution in [0.5, 0.6) is 0 Å². The normalized spacial score (nSPS) is 13.7. The van der Waals surface area contributed by atoms with Gasteiger partial charge in [-0.2, -0.15) is 18.2 Å². The predicted octanol–water partition coefficient (Wildman–Crippen LogP) is 3.55. The smallest absolute Gasteiger partial charge is 0.334 e. The summed E-state index contributed by atoms with van der Waals surface area (Å²) in [6, 6.07) is 1.99. The first kappa shape index (κ1) is 15.4. The fourth-order valence-electron chi connectivity index (χ4n) is 1.66. The molecule has 0 aliphatic heterocycles. The van der Waals surface area contributed by atoms with E-state index in [1.165, 1.54) is 0 Å². The highest BCUT2D eigenvalue weighted by atomic mass is 19.4. The summed E-state index contributed by atoms with van der Waals surface area (Å²) in [5.41, 5.74) is 4.43. The molecule has 2 rings (SSSR count). The standard InChI is InChI=1S/C13H13F4N3O/c1-6(2)10(18)11-19-12(21-20-11)7-3-4-9(14)8(5-7)13(15,16)17/h3-6,10H,18H2,1-2H3. The quantitative estimate of drug-likeness (QED) is 0.881. The number of nitrogens with two attached hydrogens (primary N) is 1. The average Bonchev–Trinajstić information content (AvgIpc) is 2.86. The Morgan fingerprint density at radius 1 is 1.24 bits per heavy atom. The summed E-state index contributed by atoms with van der Waals surface area (Å²) in [6.45, 7) is 3.70. The average molecular weight is 303 g/mol. The molecule has 2 N–H and O–H groups in total. The van der Waals surface area contributed by atoms with Crippen LogP contribution in [0.25, 0.3) is 11.5 Å². The fourth-order valence-corrected chi connectivity index (χ4v) is 1.66. The van der Waals surface area contributed by atoms with Gasteiger partial charge >= 0.3 is 6.18 Å². The van der Waals surface area contributed by atoms with Crippen LogP contribution >= 0.6 is 0 Å². The Morgan fingerprint density at radius 2 is 1.90 bits per heavy atom. The van der Waals surface area contributed by atoms with Gasteiger partial charge in [0.15, 0.2) is 5.82 Å². The van der Waals surface area contributed by atoms with Crippen molar-refractivity contribution in [1.82, 2.24) is 10.1 Å². The molecule has 0 saturated carbocycles. The molecule has 114 valence electrons. The molecule has 0 saturated heterocycles. The lowest BCUT2D eigenvalue weighted by atomic mass is 10.1. The van der Waals surface area contributed by atoms with Gasteiger partial charge in [0.1, 0.15) is 5.82 Å². The molecule has 0 bridgehead atoms. The number of hydrogen-bond donors (Lipinski definition) is 1. The Balaban J connectivity index is 2.40. The Labute approximate surface area is 118 Å². The molecule has 0 radical (unpaired) electrons. The highest BCUT2D eigenvalue weighted by molar-refractivity contribution is 5.54. The van der Waals surface area contributed by atoms with Gasteiger partial charge in [0.25, 0.3) is 5.89 Å². The number of halogens is 4. The lowest BCUT2D eigenvalue weighted by molar-refractivity contribution is -0.139. The van der Waals surface area contributed by atoms with E-state index in [9.17, 15) is 17.6 Å². The van der Waals surface area contributed by atoms with E-state index >= 15 is 0 Å². The summed E-state index contributed by atoms with van der Waals surface area (Å²) in [7, 11) is 0. The molecule has 2 aromatic rings. The van der Waals surface area contributed by atoms with Crippen LogP contribution in [0.3, 0.4) is 0 Å². The van der Waals surface area contributed by atoms with E-state index in [4.69, 9.17) is 10.3 Å². The molecule has 1 aromatic heterocycles. The summed E-state index contributed by atoms with van der Waals surface area (Å²) >= 11 is 0. The molecule has 1 aromatic carbocycles. The van der Waals surface area contributed by atoms with Crippen LogP contribution in [0, 0.1) is 11.7 Å². The van der Waals surface area contributed by atoms with Crippen LogP contribution in [0.15, 0.2) is 22.7 Å². The molecule has 1 atom stereocenters. The van der Waals surface area contributed by atoms with Crippen LogP contribution in [0.2, 0.25) is 0 Å². The minimum Gasteiger partial charge on any atom is -0.334 e. The summed E-state index contributed by atoms with van der Waals surface area (Å²) in [4.78, 5) is 3.96. The van der Waals surface area contributed by atoms with Crippen molar-refractivity contribution in [3.63, 3.8) is 0 Å². The van der Waals surface area contributed by atoms with Crippen molar-refractivity contribution in [3.8, 4) is 11.5 Å². The molecule has 21 heavy (non-hydrogen) atoms. The molecule has 0 aliphatic carbocycles. The molecular formula is C13H13F4N3O. The van der Waals surface area contributed by atoms with Gasteiger partial charge < -0.3 is 10.3 Å². The third kappa shape index (κ3) is 3.21. The van der Waals surface area contributed by atoms with Crippen molar-refractivity contribution in [2.24, 2.45) is 11.7 Å². The summed E-state index contributed by atoms with van der Waals surface area (Å²) in [6.07, 6.45) is -4.79. The summed E-state index contributed by atoms with van der Waals surface area (Å²) in [5, 5.41) is 3.64. The largest absolute Gasteiger partial charge is 0.419 e. The van der Waals surface area contributed by atoms with E-state index in [-0.39, 0.29) is 23.2 Å². The van der Waals surface area contributed by atoms with E-state index in [0.29, 0.717) is 12.1 Å². The van der Waals surface area contributed by atoms with Crippen molar-refractivity contribution < 1.29 is 22.1 Å². The Morgan fingerprint density at radius 3 is 2.48 bits per heavy atom.